The van der Waals surface area contributed by atoms with Crippen LogP contribution in [0.1, 0.15) is 28.0 Å². The van der Waals surface area contributed by atoms with E-state index in [4.69, 9.17) is 0 Å². The standard InChI is InChI=1S/C21H21N5O3/c1-14-4-3-5-16(12-14)23-21(29)17-7-9-20(28)26(25-17)11-10-19(27)24-18-8-6-15(2)13-22-18/h3-9,12-13H,10-11H2,1-2H3,(H,23,29)(H,22,24,27). The smallest absolute Gasteiger partial charge is 0.276 e. The zero-order chi connectivity index (χ0) is 20.8. The molecule has 0 spiro atoms. The van der Waals surface area contributed by atoms with Gasteiger partial charge < -0.3 is 10.6 Å². The van der Waals surface area contributed by atoms with Crippen molar-refractivity contribution in [1.82, 2.24) is 14.8 Å². The maximum atomic E-state index is 12.4. The van der Waals surface area contributed by atoms with E-state index in [0.29, 0.717) is 11.5 Å². The van der Waals surface area contributed by atoms with Crippen molar-refractivity contribution in [3.05, 3.63) is 81.9 Å². The molecule has 8 nitrogen and oxygen atoms in total. The van der Waals surface area contributed by atoms with Crippen LogP contribution in [0.15, 0.2) is 59.5 Å². The van der Waals surface area contributed by atoms with E-state index in [1.807, 2.05) is 38.1 Å². The Balaban J connectivity index is 1.64. The first-order valence-corrected chi connectivity index (χ1v) is 9.09. The van der Waals surface area contributed by atoms with Crippen LogP contribution in [0.4, 0.5) is 11.5 Å². The summed E-state index contributed by atoms with van der Waals surface area (Å²) in [5.41, 5.74) is 2.33. The largest absolute Gasteiger partial charge is 0.321 e. The average molecular weight is 391 g/mol. The van der Waals surface area contributed by atoms with Crippen LogP contribution in [0.25, 0.3) is 0 Å². The van der Waals surface area contributed by atoms with Gasteiger partial charge >= 0.3 is 0 Å². The maximum absolute atomic E-state index is 12.4. The van der Waals surface area contributed by atoms with E-state index in [1.54, 1.807) is 18.3 Å². The molecule has 3 aromatic rings. The molecule has 2 heterocycles. The molecule has 0 aliphatic carbocycles. The fourth-order valence-electron chi connectivity index (χ4n) is 2.60. The minimum absolute atomic E-state index is 0.0193. The predicted octanol–water partition coefficient (Wildman–Crippen LogP) is 2.54. The van der Waals surface area contributed by atoms with Gasteiger partial charge in [-0.3, -0.25) is 14.4 Å². The van der Waals surface area contributed by atoms with Crippen molar-refractivity contribution in [2.45, 2.75) is 26.8 Å². The van der Waals surface area contributed by atoms with Gasteiger partial charge in [-0.2, -0.15) is 5.10 Å². The number of benzene rings is 1. The summed E-state index contributed by atoms with van der Waals surface area (Å²) in [7, 11) is 0. The molecular formula is C21H21N5O3. The number of carbonyl (C=O) groups is 2. The van der Waals surface area contributed by atoms with Crippen molar-refractivity contribution < 1.29 is 9.59 Å². The summed E-state index contributed by atoms with van der Waals surface area (Å²) in [6.07, 6.45) is 1.67. The van der Waals surface area contributed by atoms with E-state index in [-0.39, 0.29) is 24.6 Å². The second kappa shape index (κ2) is 8.92. The Bertz CT molecular complexity index is 1090. The number of nitrogens with zero attached hydrogens (tertiary/aromatic N) is 3. The van der Waals surface area contributed by atoms with Crippen LogP contribution in [-0.2, 0) is 11.3 Å². The number of rotatable bonds is 6. The van der Waals surface area contributed by atoms with E-state index in [0.717, 1.165) is 15.8 Å². The van der Waals surface area contributed by atoms with Gasteiger partial charge in [-0.1, -0.05) is 18.2 Å². The van der Waals surface area contributed by atoms with Crippen molar-refractivity contribution in [3.8, 4) is 0 Å². The fraction of sp³-hybridized carbons (Fsp3) is 0.190. The molecule has 3 rings (SSSR count). The summed E-state index contributed by atoms with van der Waals surface area (Å²) in [5, 5.41) is 9.48. The Kier molecular flexibility index (Phi) is 6.13. The van der Waals surface area contributed by atoms with Gasteiger partial charge in [-0.05, 0) is 49.2 Å². The predicted molar refractivity (Wildman–Crippen MR) is 110 cm³/mol. The molecule has 2 N–H and O–H groups in total. The number of hydrogen-bond acceptors (Lipinski definition) is 5. The number of amides is 2. The second-order valence-electron chi connectivity index (χ2n) is 6.62. The van der Waals surface area contributed by atoms with E-state index >= 15 is 0 Å². The lowest BCUT2D eigenvalue weighted by atomic mass is 10.2. The van der Waals surface area contributed by atoms with Crippen LogP contribution < -0.4 is 16.2 Å². The van der Waals surface area contributed by atoms with Crippen LogP contribution in [0.2, 0.25) is 0 Å². The van der Waals surface area contributed by atoms with Gasteiger partial charge in [0.05, 0.1) is 6.54 Å². The lowest BCUT2D eigenvalue weighted by Crippen LogP contribution is -2.28. The number of anilines is 2. The van der Waals surface area contributed by atoms with E-state index < -0.39 is 11.5 Å². The van der Waals surface area contributed by atoms with E-state index in [9.17, 15) is 14.4 Å². The van der Waals surface area contributed by atoms with Crippen LogP contribution in [0.3, 0.4) is 0 Å². The fourth-order valence-corrected chi connectivity index (χ4v) is 2.60. The monoisotopic (exact) mass is 391 g/mol. The van der Waals surface area contributed by atoms with Crippen molar-refractivity contribution in [2.24, 2.45) is 0 Å². The van der Waals surface area contributed by atoms with Crippen molar-refractivity contribution >= 4 is 23.3 Å². The molecule has 0 saturated heterocycles. The van der Waals surface area contributed by atoms with Gasteiger partial charge in [0.25, 0.3) is 11.5 Å². The molecule has 0 bridgehead atoms. The Morgan fingerprint density at radius 2 is 1.83 bits per heavy atom. The summed E-state index contributed by atoms with van der Waals surface area (Å²) in [5.74, 6) is -0.297. The average Bonchev–Trinajstić information content (AvgIpc) is 2.69. The Hall–Kier alpha value is -3.81. The van der Waals surface area contributed by atoms with Gasteiger partial charge in [0.1, 0.15) is 11.5 Å². The third kappa shape index (κ3) is 5.58. The lowest BCUT2D eigenvalue weighted by Gasteiger charge is -2.09. The second-order valence-corrected chi connectivity index (χ2v) is 6.62. The summed E-state index contributed by atoms with van der Waals surface area (Å²) in [6, 6.07) is 13.5. The highest BCUT2D eigenvalue weighted by molar-refractivity contribution is 6.02. The molecule has 0 atom stereocenters. The van der Waals surface area contributed by atoms with Crippen molar-refractivity contribution in [2.75, 3.05) is 10.6 Å². The first kappa shape index (κ1) is 19.9. The van der Waals surface area contributed by atoms with Gasteiger partial charge in [0.15, 0.2) is 0 Å². The zero-order valence-electron chi connectivity index (χ0n) is 16.2. The molecule has 2 amide bonds. The number of aryl methyl sites for hydroxylation is 3. The highest BCUT2D eigenvalue weighted by atomic mass is 16.2. The van der Waals surface area contributed by atoms with Crippen molar-refractivity contribution in [3.63, 3.8) is 0 Å². The SMILES string of the molecule is Cc1ccc(NC(=O)CCn2nc(C(=O)Nc3cccc(C)c3)ccc2=O)nc1. The lowest BCUT2D eigenvalue weighted by molar-refractivity contribution is -0.116. The van der Waals surface area contributed by atoms with Crippen LogP contribution >= 0.6 is 0 Å². The summed E-state index contributed by atoms with van der Waals surface area (Å²) in [6.45, 7) is 3.87. The number of aromatic nitrogens is 3. The van der Waals surface area contributed by atoms with Gasteiger partial charge in [0.2, 0.25) is 5.91 Å². The first-order valence-electron chi connectivity index (χ1n) is 9.09. The molecule has 0 fully saturated rings. The Labute approximate surface area is 167 Å². The number of nitrogens with one attached hydrogen (secondary N) is 2. The van der Waals surface area contributed by atoms with Crippen LogP contribution in [-0.4, -0.2) is 26.6 Å². The molecule has 148 valence electrons. The summed E-state index contributed by atoms with van der Waals surface area (Å²) in [4.78, 5) is 40.7. The molecule has 0 aliphatic rings. The topological polar surface area (TPSA) is 106 Å². The molecule has 0 unspecified atom stereocenters. The molecule has 8 heteroatoms. The summed E-state index contributed by atoms with van der Waals surface area (Å²) >= 11 is 0. The molecule has 1 aromatic carbocycles. The molecule has 0 radical (unpaired) electrons. The Morgan fingerprint density at radius 1 is 1.00 bits per heavy atom. The highest BCUT2D eigenvalue weighted by Crippen LogP contribution is 2.10. The number of hydrogen-bond donors (Lipinski definition) is 2. The molecular weight excluding hydrogens is 370 g/mol. The third-order valence-corrected chi connectivity index (χ3v) is 4.10. The maximum Gasteiger partial charge on any atom is 0.276 e. The van der Waals surface area contributed by atoms with Gasteiger partial charge in [-0.25, -0.2) is 9.67 Å². The number of carbonyl (C=O) groups excluding carboxylic acids is 2. The molecule has 0 aliphatic heterocycles. The Morgan fingerprint density at radius 3 is 2.55 bits per heavy atom. The van der Waals surface area contributed by atoms with E-state index in [1.165, 1.54) is 12.1 Å². The quantitative estimate of drug-likeness (QED) is 0.672. The molecule has 29 heavy (non-hydrogen) atoms. The minimum Gasteiger partial charge on any atom is -0.321 e. The molecule has 0 saturated carbocycles. The van der Waals surface area contributed by atoms with Gasteiger partial charge in [0, 0.05) is 24.4 Å². The third-order valence-electron chi connectivity index (χ3n) is 4.10. The minimum atomic E-state index is -0.433. The van der Waals surface area contributed by atoms with Crippen LogP contribution in [0.5, 0.6) is 0 Å². The van der Waals surface area contributed by atoms with Crippen molar-refractivity contribution in [1.29, 1.82) is 0 Å². The summed E-state index contributed by atoms with van der Waals surface area (Å²) < 4.78 is 1.10. The van der Waals surface area contributed by atoms with E-state index in [2.05, 4.69) is 20.7 Å². The highest BCUT2D eigenvalue weighted by Gasteiger charge is 2.11. The van der Waals surface area contributed by atoms with Gasteiger partial charge in [-0.15, -0.1) is 0 Å². The molecule has 2 aromatic heterocycles. The normalized spacial score (nSPS) is 10.4. The number of pyridine rings is 1. The van der Waals surface area contributed by atoms with Crippen LogP contribution in [0, 0.1) is 13.8 Å². The zero-order valence-corrected chi connectivity index (χ0v) is 16.2. The first-order chi connectivity index (χ1) is 13.9.